The van der Waals surface area contributed by atoms with Gasteiger partial charge in [0.15, 0.2) is 0 Å². The number of hydrogen-bond donors (Lipinski definition) is 0. The third kappa shape index (κ3) is 7.69. The van der Waals surface area contributed by atoms with Crippen LogP contribution in [0.3, 0.4) is 0 Å². The quantitative estimate of drug-likeness (QED) is 0.235. The van der Waals surface area contributed by atoms with Gasteiger partial charge in [0.25, 0.3) is 0 Å². The molecule has 0 bridgehead atoms. The van der Waals surface area contributed by atoms with Gasteiger partial charge < -0.3 is 0 Å². The van der Waals surface area contributed by atoms with Gasteiger partial charge in [-0.1, -0.05) is 84.1 Å². The molecule has 2 saturated carbocycles. The van der Waals surface area contributed by atoms with Crippen molar-refractivity contribution in [2.24, 2.45) is 23.7 Å². The van der Waals surface area contributed by atoms with E-state index in [1.165, 1.54) is 38.5 Å². The molecule has 194 valence electrons. The first-order chi connectivity index (χ1) is 15.2. The fraction of sp³-hybridized carbons (Fsp3) is 0.933. The van der Waals surface area contributed by atoms with Crippen LogP contribution in [0.4, 0.5) is 0 Å². The Hall–Kier alpha value is 1.38. The van der Waals surface area contributed by atoms with Crippen LogP contribution in [0.15, 0.2) is 0 Å². The van der Waals surface area contributed by atoms with Crippen molar-refractivity contribution in [3.63, 3.8) is 0 Å². The van der Waals surface area contributed by atoms with Crippen molar-refractivity contribution in [3.05, 3.63) is 12.8 Å². The SMILES string of the molecule is CC(C)[C@H]1CC[C@H](C(C)C)P1C1CCCC1.CC(C)[C@H]1CC[C@H](C(C)C)P1C1[CH][CH]CC1.[Fe]. The summed E-state index contributed by atoms with van der Waals surface area (Å²) in [7, 11) is 0.609. The molecule has 2 heterocycles. The third-order valence-electron chi connectivity index (χ3n) is 9.24. The summed E-state index contributed by atoms with van der Waals surface area (Å²) < 4.78 is 0. The Kier molecular flexibility index (Phi) is 13.3. The largest absolute Gasteiger partial charge is 0.0966 e. The van der Waals surface area contributed by atoms with Crippen LogP contribution in [0.2, 0.25) is 0 Å². The summed E-state index contributed by atoms with van der Waals surface area (Å²) in [5.74, 6) is 3.69. The van der Waals surface area contributed by atoms with E-state index >= 15 is 0 Å². The minimum Gasteiger partial charge on any atom is -0.0966 e. The van der Waals surface area contributed by atoms with Gasteiger partial charge in [-0.15, -0.1) is 0 Å². The zero-order valence-electron chi connectivity index (χ0n) is 23.2. The molecule has 2 saturated heterocycles. The Morgan fingerprint density at radius 2 is 0.939 bits per heavy atom. The molecule has 4 fully saturated rings. The molecular weight excluding hydrogens is 478 g/mol. The maximum absolute atomic E-state index is 2.56. The monoisotopic (exact) mass is 534 g/mol. The third-order valence-corrected chi connectivity index (χ3v) is 18.3. The van der Waals surface area contributed by atoms with Crippen LogP contribution in [-0.2, 0) is 17.1 Å². The molecule has 2 radical (unpaired) electrons. The van der Waals surface area contributed by atoms with Crippen molar-refractivity contribution in [1.29, 1.82) is 0 Å². The number of hydrogen-bond acceptors (Lipinski definition) is 0. The number of rotatable bonds is 6. The van der Waals surface area contributed by atoms with Gasteiger partial charge in [-0.3, -0.25) is 0 Å². The first-order valence-corrected chi connectivity index (χ1v) is 17.5. The summed E-state index contributed by atoms with van der Waals surface area (Å²) >= 11 is 0. The standard InChI is InChI=1S/C15H29P.C15H27P.Fe/c2*1-11(2)14-9-10-15(12(3)4)16(14)13-7-5-6-8-13;/h11-15H,5-10H2,1-4H3;5,7,11-15H,6,8-10H2,1-4H3;/t14-,15-;13?,14-,15-;/m11./s1. The van der Waals surface area contributed by atoms with E-state index in [9.17, 15) is 0 Å². The molecule has 0 aromatic rings. The summed E-state index contributed by atoms with van der Waals surface area (Å²) in [6.07, 6.45) is 20.1. The summed E-state index contributed by atoms with van der Waals surface area (Å²) in [5, 5.41) is 0. The molecule has 1 unspecified atom stereocenters. The molecule has 0 spiro atoms. The predicted octanol–water partition coefficient (Wildman–Crippen LogP) is 10.1. The van der Waals surface area contributed by atoms with Crippen LogP contribution in [0.25, 0.3) is 0 Å². The molecule has 4 aliphatic rings. The minimum absolute atomic E-state index is 0. The van der Waals surface area contributed by atoms with Crippen LogP contribution in [-0.4, -0.2) is 34.0 Å². The smallest absolute Gasteiger partial charge is 0 e. The summed E-state index contributed by atoms with van der Waals surface area (Å²) in [5.41, 5.74) is 6.43. The Morgan fingerprint density at radius 1 is 0.545 bits per heavy atom. The van der Waals surface area contributed by atoms with Gasteiger partial charge >= 0.3 is 0 Å². The molecule has 2 aliphatic heterocycles. The molecule has 0 N–H and O–H groups in total. The first-order valence-electron chi connectivity index (χ1n) is 14.4. The van der Waals surface area contributed by atoms with E-state index in [4.69, 9.17) is 0 Å². The van der Waals surface area contributed by atoms with Gasteiger partial charge in [0, 0.05) is 17.1 Å². The van der Waals surface area contributed by atoms with E-state index in [1.54, 1.807) is 25.7 Å². The normalized spacial score (nSPS) is 32.4. The van der Waals surface area contributed by atoms with E-state index in [0.717, 1.165) is 57.6 Å². The Bertz CT molecular complexity index is 453. The van der Waals surface area contributed by atoms with Crippen LogP contribution < -0.4 is 0 Å². The molecule has 5 atom stereocenters. The topological polar surface area (TPSA) is 0 Å². The van der Waals surface area contributed by atoms with Crippen molar-refractivity contribution in [1.82, 2.24) is 0 Å². The average molecular weight is 535 g/mol. The minimum atomic E-state index is 0. The van der Waals surface area contributed by atoms with Crippen LogP contribution in [0.5, 0.6) is 0 Å². The fourth-order valence-corrected chi connectivity index (χ4v) is 16.9. The zero-order valence-corrected chi connectivity index (χ0v) is 26.1. The van der Waals surface area contributed by atoms with Crippen molar-refractivity contribution in [2.75, 3.05) is 0 Å². The van der Waals surface area contributed by atoms with Crippen LogP contribution >= 0.6 is 15.8 Å². The molecule has 0 aromatic carbocycles. The van der Waals surface area contributed by atoms with Gasteiger partial charge in [0.2, 0.25) is 0 Å². The molecule has 3 heteroatoms. The van der Waals surface area contributed by atoms with Crippen molar-refractivity contribution in [3.8, 4) is 0 Å². The van der Waals surface area contributed by atoms with Gasteiger partial charge in [-0.05, 0) is 122 Å². The molecule has 2 aliphatic carbocycles. The predicted molar refractivity (Wildman–Crippen MR) is 151 cm³/mol. The summed E-state index contributed by atoms with van der Waals surface area (Å²) in [6.45, 7) is 19.7. The van der Waals surface area contributed by atoms with Gasteiger partial charge in [-0.25, -0.2) is 0 Å². The van der Waals surface area contributed by atoms with E-state index in [1.807, 2.05) is 0 Å². The molecule has 0 amide bonds. The summed E-state index contributed by atoms with van der Waals surface area (Å²) in [6, 6.07) is 0. The van der Waals surface area contributed by atoms with Crippen LogP contribution in [0, 0.1) is 36.5 Å². The molecule has 33 heavy (non-hydrogen) atoms. The fourth-order valence-electron chi connectivity index (χ4n) is 7.58. The second-order valence-corrected chi connectivity index (χ2v) is 18.6. The van der Waals surface area contributed by atoms with Crippen LogP contribution in [0.1, 0.15) is 120 Å². The Labute approximate surface area is 222 Å². The van der Waals surface area contributed by atoms with E-state index in [-0.39, 0.29) is 25.0 Å². The van der Waals surface area contributed by atoms with Crippen molar-refractivity contribution < 1.29 is 17.1 Å². The second-order valence-electron chi connectivity index (χ2n) is 12.8. The van der Waals surface area contributed by atoms with E-state index in [2.05, 4.69) is 68.2 Å². The maximum atomic E-state index is 2.56. The maximum Gasteiger partial charge on any atom is 0 e. The molecule has 4 rings (SSSR count). The first kappa shape index (κ1) is 30.6. The Morgan fingerprint density at radius 3 is 1.27 bits per heavy atom. The Balaban J connectivity index is 0.000000227. The molecule has 0 aromatic heterocycles. The summed E-state index contributed by atoms with van der Waals surface area (Å²) in [4.78, 5) is 0. The zero-order chi connectivity index (χ0) is 23.4. The van der Waals surface area contributed by atoms with E-state index in [0.29, 0.717) is 7.92 Å². The van der Waals surface area contributed by atoms with Gasteiger partial charge in [0.05, 0.1) is 0 Å². The van der Waals surface area contributed by atoms with Gasteiger partial charge in [0.1, 0.15) is 0 Å². The molecule has 0 nitrogen and oxygen atoms in total. The second kappa shape index (κ2) is 14.4. The van der Waals surface area contributed by atoms with Crippen molar-refractivity contribution >= 4 is 15.8 Å². The average Bonchev–Trinajstić information content (AvgIpc) is 3.54. The van der Waals surface area contributed by atoms with E-state index < -0.39 is 0 Å². The molecular formula is C30H56FeP2. The van der Waals surface area contributed by atoms with Gasteiger partial charge in [-0.2, -0.15) is 0 Å². The van der Waals surface area contributed by atoms with Crippen molar-refractivity contribution in [2.45, 2.75) is 154 Å².